The van der Waals surface area contributed by atoms with Crippen molar-refractivity contribution in [2.24, 2.45) is 0 Å². The minimum atomic E-state index is -0.822. The predicted molar refractivity (Wildman–Crippen MR) is 55.3 cm³/mol. The molecule has 1 fully saturated rings. The molecular weight excluding hydrogens is 226 g/mol. The van der Waals surface area contributed by atoms with Crippen molar-refractivity contribution in [3.63, 3.8) is 0 Å². The first-order chi connectivity index (χ1) is 6.09. The molecule has 0 bridgehead atoms. The van der Waals surface area contributed by atoms with Crippen LogP contribution in [-0.4, -0.2) is 32.5 Å². The van der Waals surface area contributed by atoms with E-state index in [2.05, 4.69) is 0 Å². The van der Waals surface area contributed by atoms with Gasteiger partial charge in [-0.3, -0.25) is 9.59 Å². The number of thioether (sulfide) groups is 1. The van der Waals surface area contributed by atoms with E-state index in [1.807, 2.05) is 0 Å². The lowest BCUT2D eigenvalue weighted by Gasteiger charge is -2.42. The van der Waals surface area contributed by atoms with Gasteiger partial charge in [0.2, 0.25) is 5.91 Å². The number of carboxylic acid groups (broad SMARTS) is 1. The summed E-state index contributed by atoms with van der Waals surface area (Å²) >= 11 is 1.34. The number of carbonyl (C=O) groups excluding carboxylic acids is 1. The maximum Gasteiger partial charge on any atom is 0.320 e. The van der Waals surface area contributed by atoms with Crippen molar-refractivity contribution in [3.8, 4) is 0 Å². The summed E-state index contributed by atoms with van der Waals surface area (Å²) in [6.07, 6.45) is 2.13. The summed E-state index contributed by atoms with van der Waals surface area (Å²) in [6, 6.07) is 0. The molecule has 78 valence electrons. The van der Waals surface area contributed by atoms with Crippen LogP contribution in [0.2, 0.25) is 0 Å². The summed E-state index contributed by atoms with van der Waals surface area (Å²) in [7, 11) is 0. The second-order valence-corrected chi connectivity index (χ2v) is 4.47. The minimum absolute atomic E-state index is 0. The van der Waals surface area contributed by atoms with Gasteiger partial charge in [0.05, 0.1) is 11.8 Å². The summed E-state index contributed by atoms with van der Waals surface area (Å²) in [5, 5.41) is 8.41. The highest BCUT2D eigenvalue weighted by atomic mass is 35.5. The zero-order valence-electron chi connectivity index (χ0n) is 7.47. The van der Waals surface area contributed by atoms with Crippen LogP contribution in [-0.2, 0) is 9.59 Å². The van der Waals surface area contributed by atoms with Gasteiger partial charge < -0.3 is 10.0 Å². The molecule has 4 nitrogen and oxygen atoms in total. The van der Waals surface area contributed by atoms with E-state index >= 15 is 0 Å². The fraction of sp³-hybridized carbons (Fsp3) is 0.500. The average Bonchev–Trinajstić information content (AvgIpc) is 2.06. The zero-order chi connectivity index (χ0) is 9.59. The number of nitrogens with zero attached hydrogens (tertiary/aromatic N) is 1. The summed E-state index contributed by atoms with van der Waals surface area (Å²) in [5.74, 6) is -0.738. The van der Waals surface area contributed by atoms with Gasteiger partial charge in [0.25, 0.3) is 0 Å². The molecule has 1 unspecified atom stereocenters. The van der Waals surface area contributed by atoms with Crippen LogP contribution < -0.4 is 0 Å². The molecule has 2 aliphatic heterocycles. The highest BCUT2D eigenvalue weighted by molar-refractivity contribution is 8.01. The molecule has 1 amide bonds. The summed E-state index contributed by atoms with van der Waals surface area (Å²) in [6.45, 7) is 1.74. The molecule has 2 atom stereocenters. The maximum absolute atomic E-state index is 11.0. The van der Waals surface area contributed by atoms with Crippen molar-refractivity contribution in [1.29, 1.82) is 0 Å². The number of halogens is 1. The number of β-lactam (4-membered cyclic amide) rings is 1. The van der Waals surface area contributed by atoms with Crippen molar-refractivity contribution in [1.82, 2.24) is 4.90 Å². The fourth-order valence-electron chi connectivity index (χ4n) is 1.47. The number of carbonyl (C=O) groups is 2. The van der Waals surface area contributed by atoms with Crippen molar-refractivity contribution in [2.45, 2.75) is 24.0 Å². The first kappa shape index (κ1) is 11.4. The van der Waals surface area contributed by atoms with Crippen LogP contribution in [0.3, 0.4) is 0 Å². The quantitative estimate of drug-likeness (QED) is 0.691. The SMILES string of the molecule is CC1=CN2C(=O)C[C@H]2SC1C(=O)O.Cl. The molecule has 14 heavy (non-hydrogen) atoms. The van der Waals surface area contributed by atoms with Gasteiger partial charge in [0.15, 0.2) is 0 Å². The standard InChI is InChI=1S/C8H9NO3S.ClH/c1-4-3-9-5(10)2-6(9)13-7(4)8(11)12;/h3,6-7H,2H2,1H3,(H,11,12);1H/t6-,7?;/m1./s1. The lowest BCUT2D eigenvalue weighted by molar-refractivity contribution is -0.139. The molecule has 1 N–H and O–H groups in total. The first-order valence-electron chi connectivity index (χ1n) is 3.97. The molecule has 1 saturated heterocycles. The lowest BCUT2D eigenvalue weighted by Crippen LogP contribution is -2.51. The van der Waals surface area contributed by atoms with Crippen LogP contribution in [0.25, 0.3) is 0 Å². The normalized spacial score (nSPS) is 29.6. The van der Waals surface area contributed by atoms with Crippen LogP contribution in [0.4, 0.5) is 0 Å². The van der Waals surface area contributed by atoms with Gasteiger partial charge in [-0.15, -0.1) is 24.2 Å². The van der Waals surface area contributed by atoms with E-state index in [0.717, 1.165) is 5.57 Å². The number of carboxylic acids is 1. The van der Waals surface area contributed by atoms with E-state index in [-0.39, 0.29) is 23.7 Å². The Morgan fingerprint density at radius 1 is 1.71 bits per heavy atom. The van der Waals surface area contributed by atoms with Crippen molar-refractivity contribution in [3.05, 3.63) is 11.8 Å². The smallest absolute Gasteiger partial charge is 0.320 e. The number of aliphatic carboxylic acids is 1. The third-order valence-electron chi connectivity index (χ3n) is 2.22. The van der Waals surface area contributed by atoms with Crippen molar-refractivity contribution < 1.29 is 14.7 Å². The molecule has 0 aliphatic carbocycles. The predicted octanol–water partition coefficient (Wildman–Crippen LogP) is 1.07. The first-order valence-corrected chi connectivity index (χ1v) is 4.91. The van der Waals surface area contributed by atoms with Crippen LogP contribution >= 0.6 is 24.2 Å². The molecule has 2 rings (SSSR count). The molecule has 2 aliphatic rings. The molecule has 6 heteroatoms. The average molecular weight is 236 g/mol. The fourth-order valence-corrected chi connectivity index (χ4v) is 2.73. The van der Waals surface area contributed by atoms with E-state index in [9.17, 15) is 9.59 Å². The molecule has 0 spiro atoms. The van der Waals surface area contributed by atoms with Gasteiger partial charge in [0.1, 0.15) is 5.25 Å². The second kappa shape index (κ2) is 3.82. The van der Waals surface area contributed by atoms with E-state index < -0.39 is 11.2 Å². The van der Waals surface area contributed by atoms with Crippen LogP contribution in [0.5, 0.6) is 0 Å². The Hall–Kier alpha value is -0.680. The van der Waals surface area contributed by atoms with E-state index in [4.69, 9.17) is 5.11 Å². The summed E-state index contributed by atoms with van der Waals surface area (Å²) in [4.78, 5) is 23.4. The van der Waals surface area contributed by atoms with E-state index in [1.54, 1.807) is 18.0 Å². The van der Waals surface area contributed by atoms with Gasteiger partial charge in [0, 0.05) is 6.20 Å². The zero-order valence-corrected chi connectivity index (χ0v) is 9.10. The Morgan fingerprint density at radius 3 is 2.86 bits per heavy atom. The summed E-state index contributed by atoms with van der Waals surface area (Å²) < 4.78 is 0. The number of fused-ring (bicyclic) bond motifs is 1. The number of amides is 1. The maximum atomic E-state index is 11.0. The van der Waals surface area contributed by atoms with Crippen LogP contribution in [0.1, 0.15) is 13.3 Å². The van der Waals surface area contributed by atoms with Gasteiger partial charge >= 0.3 is 5.97 Å². The topological polar surface area (TPSA) is 57.6 Å². The van der Waals surface area contributed by atoms with Crippen molar-refractivity contribution >= 4 is 36.0 Å². The minimum Gasteiger partial charge on any atom is -0.480 e. The van der Waals surface area contributed by atoms with Crippen LogP contribution in [0, 0.1) is 0 Å². The Balaban J connectivity index is 0.000000980. The van der Waals surface area contributed by atoms with Crippen LogP contribution in [0.15, 0.2) is 11.8 Å². The molecule has 0 aromatic carbocycles. The monoisotopic (exact) mass is 235 g/mol. The molecule has 0 radical (unpaired) electrons. The van der Waals surface area contributed by atoms with Gasteiger partial charge in [-0.1, -0.05) is 0 Å². The third kappa shape index (κ3) is 1.62. The number of hydrogen-bond donors (Lipinski definition) is 1. The highest BCUT2D eigenvalue weighted by Gasteiger charge is 2.42. The van der Waals surface area contributed by atoms with Gasteiger partial charge in [-0.2, -0.15) is 0 Å². The van der Waals surface area contributed by atoms with E-state index in [0.29, 0.717) is 6.42 Å². The Labute approximate surface area is 91.7 Å². The van der Waals surface area contributed by atoms with Gasteiger partial charge in [-0.25, -0.2) is 0 Å². The molecule has 0 saturated carbocycles. The number of hydrogen-bond acceptors (Lipinski definition) is 3. The third-order valence-corrected chi connectivity index (χ3v) is 3.77. The van der Waals surface area contributed by atoms with Gasteiger partial charge in [-0.05, 0) is 12.5 Å². The molecular formula is C8H10ClNO3S. The van der Waals surface area contributed by atoms with E-state index in [1.165, 1.54) is 11.8 Å². The highest BCUT2D eigenvalue weighted by Crippen LogP contribution is 2.39. The molecule has 2 heterocycles. The number of rotatable bonds is 1. The largest absolute Gasteiger partial charge is 0.480 e. The molecule has 0 aromatic rings. The molecule has 0 aromatic heterocycles. The van der Waals surface area contributed by atoms with Crippen molar-refractivity contribution in [2.75, 3.05) is 0 Å². The summed E-state index contributed by atoms with van der Waals surface area (Å²) in [5.41, 5.74) is 0.738. The Bertz CT molecular complexity index is 318. The second-order valence-electron chi connectivity index (χ2n) is 3.19. The lowest BCUT2D eigenvalue weighted by atomic mass is 10.1. The Morgan fingerprint density at radius 2 is 2.36 bits per heavy atom. The Kier molecular flexibility index (Phi) is 3.11.